The van der Waals surface area contributed by atoms with Gasteiger partial charge in [-0.15, -0.1) is 0 Å². The van der Waals surface area contributed by atoms with Gasteiger partial charge in [-0.05, 0) is 32.9 Å². The molecule has 0 saturated carbocycles. The van der Waals surface area contributed by atoms with Gasteiger partial charge in [0.15, 0.2) is 0 Å². The maximum Gasteiger partial charge on any atom is 0.236 e. The minimum Gasteiger partial charge on any atom is -0.353 e. The Kier molecular flexibility index (Phi) is 7.34. The summed E-state index contributed by atoms with van der Waals surface area (Å²) >= 11 is 0. The second-order valence-electron chi connectivity index (χ2n) is 5.01. The first kappa shape index (κ1) is 15.4. The third-order valence-electron chi connectivity index (χ3n) is 2.76. The van der Waals surface area contributed by atoms with Crippen LogP contribution in [0.15, 0.2) is 0 Å². The molecule has 4 heteroatoms. The lowest BCUT2D eigenvalue weighted by Gasteiger charge is -2.26. The van der Waals surface area contributed by atoms with Gasteiger partial charge < -0.3 is 16.0 Å². The van der Waals surface area contributed by atoms with Gasteiger partial charge in [0, 0.05) is 12.6 Å². The maximum absolute atomic E-state index is 11.5. The van der Waals surface area contributed by atoms with E-state index in [1.54, 1.807) is 0 Å². The predicted octanol–water partition coefficient (Wildman–Crippen LogP) is 0.816. The van der Waals surface area contributed by atoms with E-state index in [-0.39, 0.29) is 11.9 Å². The highest BCUT2D eigenvalue weighted by molar-refractivity contribution is 5.81. The van der Waals surface area contributed by atoms with Crippen LogP contribution in [0.5, 0.6) is 0 Å². The summed E-state index contributed by atoms with van der Waals surface area (Å²) < 4.78 is 0. The van der Waals surface area contributed by atoms with Crippen molar-refractivity contribution in [1.82, 2.24) is 10.2 Å². The lowest BCUT2D eigenvalue weighted by molar-refractivity contribution is -0.122. The largest absolute Gasteiger partial charge is 0.353 e. The topological polar surface area (TPSA) is 58.4 Å². The Balaban J connectivity index is 4.06. The predicted molar refractivity (Wildman–Crippen MR) is 68.2 cm³/mol. The number of amides is 1. The number of nitrogens with zero attached hydrogens (tertiary/aromatic N) is 1. The average molecular weight is 229 g/mol. The van der Waals surface area contributed by atoms with Crippen LogP contribution in [0, 0.1) is 5.92 Å². The number of hydrogen-bond donors (Lipinski definition) is 2. The van der Waals surface area contributed by atoms with Crippen molar-refractivity contribution in [2.45, 2.75) is 45.7 Å². The van der Waals surface area contributed by atoms with Gasteiger partial charge >= 0.3 is 0 Å². The molecule has 1 amide bonds. The molecular formula is C12H27N3O. The molecule has 3 N–H and O–H groups in total. The molecule has 96 valence electrons. The van der Waals surface area contributed by atoms with Crippen LogP contribution >= 0.6 is 0 Å². The molecule has 0 aromatic rings. The van der Waals surface area contributed by atoms with E-state index in [1.165, 1.54) is 0 Å². The molecule has 0 aromatic carbocycles. The Bertz CT molecular complexity index is 204. The summed E-state index contributed by atoms with van der Waals surface area (Å²) in [7, 11) is 4.08. The molecule has 0 spiro atoms. The van der Waals surface area contributed by atoms with Gasteiger partial charge in [-0.1, -0.05) is 20.8 Å². The van der Waals surface area contributed by atoms with Crippen LogP contribution in [-0.2, 0) is 4.79 Å². The van der Waals surface area contributed by atoms with Crippen LogP contribution in [0.25, 0.3) is 0 Å². The van der Waals surface area contributed by atoms with Gasteiger partial charge in [-0.2, -0.15) is 0 Å². The number of likely N-dealkylation sites (N-methyl/N-ethyl adjacent to an activating group) is 1. The van der Waals surface area contributed by atoms with E-state index >= 15 is 0 Å². The van der Waals surface area contributed by atoms with E-state index in [0.29, 0.717) is 24.9 Å². The fourth-order valence-corrected chi connectivity index (χ4v) is 1.56. The Morgan fingerprint density at radius 1 is 1.38 bits per heavy atom. The maximum atomic E-state index is 11.5. The highest BCUT2D eigenvalue weighted by Crippen LogP contribution is 2.08. The van der Waals surface area contributed by atoms with Crippen molar-refractivity contribution in [3.8, 4) is 0 Å². The van der Waals surface area contributed by atoms with Crippen molar-refractivity contribution in [3.63, 3.8) is 0 Å². The monoisotopic (exact) mass is 229 g/mol. The van der Waals surface area contributed by atoms with Gasteiger partial charge in [0.25, 0.3) is 0 Å². The molecule has 0 bridgehead atoms. The molecule has 16 heavy (non-hydrogen) atoms. The van der Waals surface area contributed by atoms with Gasteiger partial charge in [-0.3, -0.25) is 4.79 Å². The Labute approximate surface area is 99.6 Å². The van der Waals surface area contributed by atoms with Crippen LogP contribution in [0.1, 0.15) is 33.6 Å². The van der Waals surface area contributed by atoms with Crippen molar-refractivity contribution < 1.29 is 4.79 Å². The second kappa shape index (κ2) is 7.63. The quantitative estimate of drug-likeness (QED) is 0.679. The standard InChI is InChI=1S/C12H27N3O/c1-6-11(13)12(16)14-8-10(15(4)5)7-9(2)3/h9-11H,6-8,13H2,1-5H3,(H,14,16). The van der Waals surface area contributed by atoms with Gasteiger partial charge in [0.1, 0.15) is 0 Å². The van der Waals surface area contributed by atoms with Gasteiger partial charge in [-0.25, -0.2) is 0 Å². The molecule has 0 aromatic heterocycles. The zero-order valence-corrected chi connectivity index (χ0v) is 11.3. The second-order valence-corrected chi connectivity index (χ2v) is 5.01. The number of nitrogens with one attached hydrogen (secondary N) is 1. The lowest BCUT2D eigenvalue weighted by Crippen LogP contribution is -2.46. The zero-order valence-electron chi connectivity index (χ0n) is 11.3. The smallest absolute Gasteiger partial charge is 0.236 e. The van der Waals surface area contributed by atoms with E-state index in [2.05, 4.69) is 24.1 Å². The molecule has 4 nitrogen and oxygen atoms in total. The third-order valence-corrected chi connectivity index (χ3v) is 2.76. The van der Waals surface area contributed by atoms with Crippen molar-refractivity contribution in [1.29, 1.82) is 0 Å². The molecule has 0 radical (unpaired) electrons. The summed E-state index contributed by atoms with van der Waals surface area (Å²) in [5.41, 5.74) is 5.65. The molecule has 0 aliphatic rings. The summed E-state index contributed by atoms with van der Waals surface area (Å²) in [6, 6.07) is 0.00914. The van der Waals surface area contributed by atoms with Crippen LogP contribution < -0.4 is 11.1 Å². The molecule has 0 aliphatic heterocycles. The van der Waals surface area contributed by atoms with E-state index in [4.69, 9.17) is 5.73 Å². The normalized spacial score (nSPS) is 15.2. The van der Waals surface area contributed by atoms with E-state index in [9.17, 15) is 4.79 Å². The minimum absolute atomic E-state index is 0.0434. The summed E-state index contributed by atoms with van der Waals surface area (Å²) in [6.45, 7) is 6.98. The highest BCUT2D eigenvalue weighted by Gasteiger charge is 2.16. The molecule has 0 heterocycles. The molecule has 0 saturated heterocycles. The third kappa shape index (κ3) is 6.08. The van der Waals surface area contributed by atoms with Gasteiger partial charge in [0.05, 0.1) is 6.04 Å². The fourth-order valence-electron chi connectivity index (χ4n) is 1.56. The van der Waals surface area contributed by atoms with Crippen molar-refractivity contribution >= 4 is 5.91 Å². The molecule has 2 atom stereocenters. The van der Waals surface area contributed by atoms with Crippen LogP contribution in [0.2, 0.25) is 0 Å². The van der Waals surface area contributed by atoms with Crippen molar-refractivity contribution in [2.24, 2.45) is 11.7 Å². The summed E-state index contributed by atoms with van der Waals surface area (Å²) in [6.07, 6.45) is 1.76. The summed E-state index contributed by atoms with van der Waals surface area (Å²) in [5.74, 6) is 0.585. The number of nitrogens with two attached hydrogens (primary N) is 1. The van der Waals surface area contributed by atoms with E-state index in [0.717, 1.165) is 6.42 Å². The number of carbonyl (C=O) groups excluding carboxylic acids is 1. The first-order chi connectivity index (χ1) is 7.38. The Hall–Kier alpha value is -0.610. The molecule has 0 rings (SSSR count). The van der Waals surface area contributed by atoms with Crippen LogP contribution in [0.4, 0.5) is 0 Å². The fraction of sp³-hybridized carbons (Fsp3) is 0.917. The number of hydrogen-bond acceptors (Lipinski definition) is 3. The highest BCUT2D eigenvalue weighted by atomic mass is 16.2. The van der Waals surface area contributed by atoms with Crippen molar-refractivity contribution in [3.05, 3.63) is 0 Å². The molecule has 0 fully saturated rings. The first-order valence-electron chi connectivity index (χ1n) is 6.08. The van der Waals surface area contributed by atoms with Crippen LogP contribution in [0.3, 0.4) is 0 Å². The molecule has 2 unspecified atom stereocenters. The number of carbonyl (C=O) groups is 1. The van der Waals surface area contributed by atoms with Gasteiger partial charge in [0.2, 0.25) is 5.91 Å². The summed E-state index contributed by atoms with van der Waals surface area (Å²) in [5, 5.41) is 2.91. The lowest BCUT2D eigenvalue weighted by atomic mass is 10.0. The first-order valence-corrected chi connectivity index (χ1v) is 6.08. The summed E-state index contributed by atoms with van der Waals surface area (Å²) in [4.78, 5) is 13.7. The SMILES string of the molecule is CCC(N)C(=O)NCC(CC(C)C)N(C)C. The van der Waals surface area contributed by atoms with E-state index < -0.39 is 0 Å². The molecule has 0 aliphatic carbocycles. The van der Waals surface area contributed by atoms with Crippen molar-refractivity contribution in [2.75, 3.05) is 20.6 Å². The average Bonchev–Trinajstić information content (AvgIpc) is 2.21. The Morgan fingerprint density at radius 2 is 1.94 bits per heavy atom. The van der Waals surface area contributed by atoms with E-state index in [1.807, 2.05) is 21.0 Å². The zero-order chi connectivity index (χ0) is 12.7. The minimum atomic E-state index is -0.373. The number of rotatable bonds is 7. The van der Waals surface area contributed by atoms with Crippen LogP contribution in [-0.4, -0.2) is 43.5 Å². The Morgan fingerprint density at radius 3 is 2.31 bits per heavy atom. The molecular weight excluding hydrogens is 202 g/mol.